The second kappa shape index (κ2) is 5.65. The third kappa shape index (κ3) is 3.06. The molecule has 0 spiro atoms. The lowest BCUT2D eigenvalue weighted by molar-refractivity contribution is 0.257. The summed E-state index contributed by atoms with van der Waals surface area (Å²) in [6.07, 6.45) is 5.58. The number of hydrogen-bond donors (Lipinski definition) is 1. The Kier molecular flexibility index (Phi) is 3.93. The third-order valence-corrected chi connectivity index (χ3v) is 2.48. The highest BCUT2D eigenvalue weighted by atomic mass is 16.5. The molecule has 1 N–H and O–H groups in total. The van der Waals surface area contributed by atoms with Crippen LogP contribution in [0.25, 0.3) is 0 Å². The first-order valence-electron chi connectivity index (χ1n) is 5.69. The maximum atomic E-state index is 5.56. The van der Waals surface area contributed by atoms with Crippen molar-refractivity contribution in [3.05, 3.63) is 12.4 Å². The first kappa shape index (κ1) is 11.1. The van der Waals surface area contributed by atoms with Crippen molar-refractivity contribution in [1.29, 1.82) is 0 Å². The molecule has 0 radical (unpaired) electrons. The van der Waals surface area contributed by atoms with Crippen LogP contribution in [0.4, 0.5) is 0 Å². The summed E-state index contributed by atoms with van der Waals surface area (Å²) in [6.45, 7) is 4.23. The molecule has 88 valence electrons. The molecule has 1 unspecified atom stereocenters. The molecule has 1 aliphatic rings. The molecule has 0 amide bonds. The quantitative estimate of drug-likeness (QED) is 0.807. The SMILES string of the molecule is CCOc1cncc(OCC2CCCN2)n1. The summed E-state index contributed by atoms with van der Waals surface area (Å²) in [5, 5.41) is 3.36. The number of nitrogens with zero attached hydrogens (tertiary/aromatic N) is 2. The van der Waals surface area contributed by atoms with Gasteiger partial charge in [-0.2, -0.15) is 4.98 Å². The molecule has 1 fully saturated rings. The topological polar surface area (TPSA) is 56.3 Å². The van der Waals surface area contributed by atoms with Gasteiger partial charge in [0.25, 0.3) is 0 Å². The normalized spacial score (nSPS) is 19.7. The Hall–Kier alpha value is -1.36. The van der Waals surface area contributed by atoms with Crippen molar-refractivity contribution in [3.63, 3.8) is 0 Å². The summed E-state index contributed by atoms with van der Waals surface area (Å²) in [5.41, 5.74) is 0. The molecular weight excluding hydrogens is 206 g/mol. The molecule has 1 atom stereocenters. The summed E-state index contributed by atoms with van der Waals surface area (Å²) in [6, 6.07) is 0.442. The van der Waals surface area contributed by atoms with Gasteiger partial charge in [-0.1, -0.05) is 0 Å². The van der Waals surface area contributed by atoms with Crippen molar-refractivity contribution in [3.8, 4) is 11.8 Å². The third-order valence-electron chi connectivity index (χ3n) is 2.48. The van der Waals surface area contributed by atoms with Crippen molar-refractivity contribution in [2.75, 3.05) is 19.8 Å². The summed E-state index contributed by atoms with van der Waals surface area (Å²) in [5.74, 6) is 1.04. The van der Waals surface area contributed by atoms with Gasteiger partial charge in [-0.25, -0.2) is 0 Å². The minimum absolute atomic E-state index is 0.442. The molecule has 0 aromatic carbocycles. The van der Waals surface area contributed by atoms with Crippen molar-refractivity contribution in [1.82, 2.24) is 15.3 Å². The van der Waals surface area contributed by atoms with E-state index in [0.29, 0.717) is 31.0 Å². The predicted molar refractivity (Wildman–Crippen MR) is 59.7 cm³/mol. The van der Waals surface area contributed by atoms with Gasteiger partial charge >= 0.3 is 0 Å². The number of aromatic nitrogens is 2. The molecule has 1 saturated heterocycles. The van der Waals surface area contributed by atoms with Crippen molar-refractivity contribution >= 4 is 0 Å². The Balaban J connectivity index is 1.85. The van der Waals surface area contributed by atoms with Crippen molar-refractivity contribution in [2.45, 2.75) is 25.8 Å². The van der Waals surface area contributed by atoms with Crippen LogP contribution in [0.3, 0.4) is 0 Å². The maximum Gasteiger partial charge on any atom is 0.235 e. The highest BCUT2D eigenvalue weighted by Crippen LogP contribution is 2.12. The lowest BCUT2D eigenvalue weighted by Gasteiger charge is -2.11. The fourth-order valence-corrected chi connectivity index (χ4v) is 1.70. The van der Waals surface area contributed by atoms with Crippen LogP contribution in [0.5, 0.6) is 11.8 Å². The molecule has 1 aliphatic heterocycles. The predicted octanol–water partition coefficient (Wildman–Crippen LogP) is 1.01. The molecule has 16 heavy (non-hydrogen) atoms. The summed E-state index contributed by atoms with van der Waals surface area (Å²) in [7, 11) is 0. The lowest BCUT2D eigenvalue weighted by atomic mass is 10.2. The van der Waals surface area contributed by atoms with Crippen LogP contribution >= 0.6 is 0 Å². The van der Waals surface area contributed by atoms with Crippen LogP contribution in [0, 0.1) is 0 Å². The van der Waals surface area contributed by atoms with Crippen LogP contribution in [0.15, 0.2) is 12.4 Å². The Morgan fingerprint density at radius 1 is 1.38 bits per heavy atom. The molecule has 0 aliphatic carbocycles. The summed E-state index contributed by atoms with van der Waals surface area (Å²) in [4.78, 5) is 8.20. The van der Waals surface area contributed by atoms with E-state index in [9.17, 15) is 0 Å². The van der Waals surface area contributed by atoms with E-state index in [1.807, 2.05) is 6.92 Å². The Morgan fingerprint density at radius 2 is 2.19 bits per heavy atom. The van der Waals surface area contributed by atoms with E-state index in [1.165, 1.54) is 12.8 Å². The summed E-state index contributed by atoms with van der Waals surface area (Å²) >= 11 is 0. The van der Waals surface area contributed by atoms with Crippen LogP contribution in [0.1, 0.15) is 19.8 Å². The Bertz CT molecular complexity index is 327. The van der Waals surface area contributed by atoms with Crippen molar-refractivity contribution < 1.29 is 9.47 Å². The first-order chi connectivity index (χ1) is 7.88. The van der Waals surface area contributed by atoms with Gasteiger partial charge in [0, 0.05) is 6.04 Å². The van der Waals surface area contributed by atoms with Gasteiger partial charge in [-0.15, -0.1) is 0 Å². The van der Waals surface area contributed by atoms with Gasteiger partial charge in [0.15, 0.2) is 0 Å². The molecular formula is C11H17N3O2. The minimum atomic E-state index is 0.442. The molecule has 2 rings (SSSR count). The van der Waals surface area contributed by atoms with E-state index in [4.69, 9.17) is 9.47 Å². The van der Waals surface area contributed by atoms with Crippen LogP contribution < -0.4 is 14.8 Å². The highest BCUT2D eigenvalue weighted by Gasteiger charge is 2.14. The number of rotatable bonds is 5. The average molecular weight is 223 g/mol. The van der Waals surface area contributed by atoms with Gasteiger partial charge in [0.2, 0.25) is 11.8 Å². The largest absolute Gasteiger partial charge is 0.477 e. The lowest BCUT2D eigenvalue weighted by Crippen LogP contribution is -2.28. The van der Waals surface area contributed by atoms with Gasteiger partial charge in [0.1, 0.15) is 6.61 Å². The molecule has 0 saturated carbocycles. The van der Waals surface area contributed by atoms with E-state index in [1.54, 1.807) is 12.4 Å². The van der Waals surface area contributed by atoms with Crippen LogP contribution in [-0.4, -0.2) is 35.8 Å². The standard InChI is InChI=1S/C11H17N3O2/c1-2-15-10-6-12-7-11(14-10)16-8-9-4-3-5-13-9/h6-7,9,13H,2-5,8H2,1H3. The summed E-state index contributed by atoms with van der Waals surface area (Å²) < 4.78 is 10.8. The first-order valence-corrected chi connectivity index (χ1v) is 5.69. The Morgan fingerprint density at radius 3 is 2.88 bits per heavy atom. The fourth-order valence-electron chi connectivity index (χ4n) is 1.70. The van der Waals surface area contributed by atoms with Gasteiger partial charge < -0.3 is 14.8 Å². The van der Waals surface area contributed by atoms with Crippen LogP contribution in [-0.2, 0) is 0 Å². The smallest absolute Gasteiger partial charge is 0.235 e. The molecule has 0 bridgehead atoms. The second-order valence-corrected chi connectivity index (χ2v) is 3.73. The number of ether oxygens (including phenoxy) is 2. The zero-order valence-electron chi connectivity index (χ0n) is 9.48. The number of hydrogen-bond acceptors (Lipinski definition) is 5. The van der Waals surface area contributed by atoms with E-state index < -0.39 is 0 Å². The molecule has 5 nitrogen and oxygen atoms in total. The van der Waals surface area contributed by atoms with E-state index in [-0.39, 0.29) is 0 Å². The molecule has 2 heterocycles. The van der Waals surface area contributed by atoms with Gasteiger partial charge in [0.05, 0.1) is 19.0 Å². The zero-order chi connectivity index (χ0) is 11.2. The second-order valence-electron chi connectivity index (χ2n) is 3.73. The van der Waals surface area contributed by atoms with E-state index in [0.717, 1.165) is 6.54 Å². The minimum Gasteiger partial charge on any atom is -0.477 e. The zero-order valence-corrected chi connectivity index (χ0v) is 9.48. The Labute approximate surface area is 95.2 Å². The molecule has 5 heteroatoms. The van der Waals surface area contributed by atoms with Gasteiger partial charge in [-0.3, -0.25) is 4.98 Å². The van der Waals surface area contributed by atoms with Gasteiger partial charge in [-0.05, 0) is 26.3 Å². The molecule has 1 aromatic rings. The monoisotopic (exact) mass is 223 g/mol. The fraction of sp³-hybridized carbons (Fsp3) is 0.636. The van der Waals surface area contributed by atoms with E-state index >= 15 is 0 Å². The number of nitrogens with one attached hydrogen (secondary N) is 1. The van der Waals surface area contributed by atoms with Crippen molar-refractivity contribution in [2.24, 2.45) is 0 Å². The average Bonchev–Trinajstić information content (AvgIpc) is 2.80. The highest BCUT2D eigenvalue weighted by molar-refractivity contribution is 5.12. The molecule has 1 aromatic heterocycles. The van der Waals surface area contributed by atoms with E-state index in [2.05, 4.69) is 15.3 Å². The maximum absolute atomic E-state index is 5.56. The van der Waals surface area contributed by atoms with Crippen LogP contribution in [0.2, 0.25) is 0 Å².